The first-order valence-electron chi connectivity index (χ1n) is 3.93. The van der Waals surface area contributed by atoms with Gasteiger partial charge in [0.15, 0.2) is 0 Å². The summed E-state index contributed by atoms with van der Waals surface area (Å²) in [5.41, 5.74) is -0.0487. The van der Waals surface area contributed by atoms with Crippen LogP contribution >= 0.6 is 0 Å². The monoisotopic (exact) mass is 225 g/mol. The Morgan fingerprint density at radius 3 is 2.53 bits per heavy atom. The molecule has 1 aromatic carbocycles. The zero-order valence-corrected chi connectivity index (χ0v) is 8.82. The molecule has 0 atom stereocenters. The van der Waals surface area contributed by atoms with Gasteiger partial charge >= 0.3 is 87.5 Å². The van der Waals surface area contributed by atoms with Crippen LogP contribution in [0.25, 0.3) is 0 Å². The predicted octanol–water partition coefficient (Wildman–Crippen LogP) is 0.246. The van der Waals surface area contributed by atoms with Crippen LogP contribution in [0.2, 0.25) is 0 Å². The van der Waals surface area contributed by atoms with E-state index in [9.17, 15) is 13.2 Å². The van der Waals surface area contributed by atoms with Crippen LogP contribution in [0.1, 0.15) is 10.4 Å². The minimum atomic E-state index is -3.46. The molecule has 0 unspecified atom stereocenters. The molecule has 0 N–H and O–H groups in total. The molecular weight excluding hydrogens is 217 g/mol. The normalized spacial score (nSPS) is 10.7. The van der Waals surface area contributed by atoms with Gasteiger partial charge in [0.25, 0.3) is 0 Å². The molecule has 0 aromatic heterocycles. The third-order valence-electron chi connectivity index (χ3n) is 1.65. The SMILES string of the molecule is B=NOC(=O)c1ccccc1S(C)(=O)=O. The van der Waals surface area contributed by atoms with Crippen molar-refractivity contribution in [2.24, 2.45) is 5.06 Å². The van der Waals surface area contributed by atoms with E-state index < -0.39 is 15.8 Å². The van der Waals surface area contributed by atoms with E-state index in [0.29, 0.717) is 0 Å². The number of hydrogen-bond acceptors (Lipinski definition) is 5. The van der Waals surface area contributed by atoms with E-state index in [2.05, 4.69) is 17.5 Å². The maximum atomic E-state index is 11.3. The summed E-state index contributed by atoms with van der Waals surface area (Å²) in [5, 5.41) is 2.94. The van der Waals surface area contributed by atoms with Crippen LogP contribution in [0.3, 0.4) is 0 Å². The molecule has 0 saturated carbocycles. The number of benzene rings is 1. The van der Waals surface area contributed by atoms with E-state index in [1.165, 1.54) is 24.3 Å². The first kappa shape index (κ1) is 11.6. The number of carbonyl (C=O) groups is 1. The molecule has 0 amide bonds. The molecule has 1 rings (SSSR count). The zero-order chi connectivity index (χ0) is 11.5. The van der Waals surface area contributed by atoms with Crippen molar-refractivity contribution in [2.75, 3.05) is 6.26 Å². The summed E-state index contributed by atoms with van der Waals surface area (Å²) in [6, 6.07) is 5.74. The van der Waals surface area contributed by atoms with Crippen molar-refractivity contribution in [2.45, 2.75) is 4.90 Å². The summed E-state index contributed by atoms with van der Waals surface area (Å²) < 4.78 is 22.6. The third kappa shape index (κ3) is 2.72. The molecule has 5 nitrogen and oxygen atoms in total. The number of carbonyl (C=O) groups excluding carboxylic acids is 1. The second kappa shape index (κ2) is 4.35. The van der Waals surface area contributed by atoms with Crippen LogP contribution in [0.4, 0.5) is 0 Å². The summed E-state index contributed by atoms with van der Waals surface area (Å²) in [6.07, 6.45) is 1.01. The summed E-state index contributed by atoms with van der Waals surface area (Å²) in [7, 11) is -0.484. The summed E-state index contributed by atoms with van der Waals surface area (Å²) in [6.45, 7) is 0. The standard InChI is InChI=1S/C8H8BNO4S/c1-15(12,13)7-5-3-2-4-6(7)8(11)14-10-9/h2-5,9H,1H3. The average Bonchev–Trinajstić information content (AvgIpc) is 2.17. The van der Waals surface area contributed by atoms with Crippen molar-refractivity contribution in [3.8, 4) is 0 Å². The third-order valence-corrected chi connectivity index (χ3v) is 2.81. The van der Waals surface area contributed by atoms with Gasteiger partial charge in [-0.15, -0.1) is 0 Å². The van der Waals surface area contributed by atoms with Crippen molar-refractivity contribution in [1.29, 1.82) is 0 Å². The van der Waals surface area contributed by atoms with Gasteiger partial charge < -0.3 is 0 Å². The molecule has 7 heteroatoms. The summed E-state index contributed by atoms with van der Waals surface area (Å²) in [4.78, 5) is 15.5. The van der Waals surface area contributed by atoms with E-state index in [4.69, 9.17) is 0 Å². The quantitative estimate of drug-likeness (QED) is 0.545. The molecule has 0 fully saturated rings. The first-order chi connectivity index (χ1) is 6.96. The van der Waals surface area contributed by atoms with Crippen LogP contribution in [0.15, 0.2) is 34.2 Å². The van der Waals surface area contributed by atoms with Crippen molar-refractivity contribution in [3.63, 3.8) is 0 Å². The molecule has 78 valence electrons. The molecule has 0 spiro atoms. The molecule has 1 aromatic rings. The minimum absolute atomic E-state index is 0.0487. The fraction of sp³-hybridized carbons (Fsp3) is 0.125. The molecule has 0 aliphatic heterocycles. The molecule has 15 heavy (non-hydrogen) atoms. The van der Waals surface area contributed by atoms with Gasteiger partial charge in [-0.3, -0.25) is 0 Å². The molecular formula is C8H8BNO4S. The fourth-order valence-corrected chi connectivity index (χ4v) is 1.94. The summed E-state index contributed by atoms with van der Waals surface area (Å²) in [5.74, 6) is -0.842. The van der Waals surface area contributed by atoms with Gasteiger partial charge in [-0.25, -0.2) is 0 Å². The van der Waals surface area contributed by atoms with Crippen molar-refractivity contribution in [3.05, 3.63) is 29.8 Å². The van der Waals surface area contributed by atoms with Gasteiger partial charge in [0.1, 0.15) is 0 Å². The molecule has 0 bridgehead atoms. The number of nitrogens with zero attached hydrogens (tertiary/aromatic N) is 1. The maximum absolute atomic E-state index is 11.3. The van der Waals surface area contributed by atoms with Gasteiger partial charge in [-0.05, 0) is 0 Å². The van der Waals surface area contributed by atoms with Crippen LogP contribution in [-0.2, 0) is 14.7 Å². The summed E-state index contributed by atoms with van der Waals surface area (Å²) >= 11 is 0. The van der Waals surface area contributed by atoms with E-state index in [0.717, 1.165) is 6.26 Å². The Hall–Kier alpha value is -1.50. The number of sulfone groups is 1. The second-order valence-electron chi connectivity index (χ2n) is 2.78. The van der Waals surface area contributed by atoms with Crippen LogP contribution in [0.5, 0.6) is 0 Å². The number of rotatable bonds is 3. The average molecular weight is 225 g/mol. The van der Waals surface area contributed by atoms with Crippen molar-refractivity contribution < 1.29 is 18.0 Å². The Bertz CT molecular complexity index is 497. The van der Waals surface area contributed by atoms with Gasteiger partial charge in [0, 0.05) is 0 Å². The van der Waals surface area contributed by atoms with Crippen molar-refractivity contribution >= 4 is 23.4 Å². The van der Waals surface area contributed by atoms with E-state index in [1.54, 1.807) is 0 Å². The second-order valence-corrected chi connectivity index (χ2v) is 4.76. The molecule has 0 aliphatic carbocycles. The molecule has 0 radical (unpaired) electrons. The fourth-order valence-electron chi connectivity index (χ4n) is 1.07. The molecule has 0 saturated heterocycles. The Labute approximate surface area is 88.1 Å². The van der Waals surface area contributed by atoms with Crippen molar-refractivity contribution in [1.82, 2.24) is 0 Å². The number of hydrogen-bond donors (Lipinski definition) is 0. The Morgan fingerprint density at radius 1 is 1.40 bits per heavy atom. The van der Waals surface area contributed by atoms with Crippen LogP contribution < -0.4 is 0 Å². The van der Waals surface area contributed by atoms with Gasteiger partial charge in [0.2, 0.25) is 0 Å². The van der Waals surface area contributed by atoms with E-state index >= 15 is 0 Å². The van der Waals surface area contributed by atoms with E-state index in [1.807, 2.05) is 0 Å². The topological polar surface area (TPSA) is 72.8 Å². The van der Waals surface area contributed by atoms with Gasteiger partial charge in [-0.2, -0.15) is 0 Å². The van der Waals surface area contributed by atoms with E-state index in [-0.39, 0.29) is 10.5 Å². The molecule has 0 aliphatic rings. The van der Waals surface area contributed by atoms with Crippen LogP contribution in [-0.4, -0.2) is 28.3 Å². The van der Waals surface area contributed by atoms with Gasteiger partial charge in [-0.1, -0.05) is 0 Å². The zero-order valence-electron chi connectivity index (χ0n) is 8.00. The van der Waals surface area contributed by atoms with Gasteiger partial charge in [0.05, 0.1) is 0 Å². The molecule has 0 heterocycles. The first-order valence-corrected chi connectivity index (χ1v) is 5.82. The Balaban J connectivity index is 3.30. The Kier molecular flexibility index (Phi) is 3.36. The Morgan fingerprint density at radius 2 is 2.00 bits per heavy atom. The van der Waals surface area contributed by atoms with Crippen LogP contribution in [0, 0.1) is 0 Å². The predicted molar refractivity (Wildman–Crippen MR) is 54.5 cm³/mol.